The van der Waals surface area contributed by atoms with Gasteiger partial charge in [-0.1, -0.05) is 97.9 Å². The summed E-state index contributed by atoms with van der Waals surface area (Å²) in [6, 6.07) is 12.8. The molecule has 2 aromatic rings. The normalized spacial score (nSPS) is 14.5. The fourth-order valence-electron chi connectivity index (χ4n) is 6.86. The van der Waals surface area contributed by atoms with Gasteiger partial charge in [0.25, 0.3) is 5.91 Å². The predicted molar refractivity (Wildman–Crippen MR) is 240 cm³/mol. The molecular weight excluding hydrogens is 809 g/mol. The molecule has 16 heteroatoms. The molecule has 0 saturated heterocycles. The minimum Gasteiger partial charge on any atom is -0.497 e. The van der Waals surface area contributed by atoms with Gasteiger partial charge in [-0.2, -0.15) is 0 Å². The van der Waals surface area contributed by atoms with Crippen LogP contribution in [0.3, 0.4) is 0 Å². The lowest BCUT2D eigenvalue weighted by atomic mass is 9.98. The van der Waals surface area contributed by atoms with Crippen LogP contribution in [0.15, 0.2) is 54.6 Å². The van der Waals surface area contributed by atoms with Gasteiger partial charge < -0.3 is 45.3 Å². The van der Waals surface area contributed by atoms with E-state index in [1.165, 1.54) is 35.8 Å². The van der Waals surface area contributed by atoms with E-state index in [1.807, 2.05) is 58.0 Å². The average molecular weight is 881 g/mol. The Morgan fingerprint density at radius 3 is 1.78 bits per heavy atom. The van der Waals surface area contributed by atoms with Crippen molar-refractivity contribution in [3.63, 3.8) is 0 Å². The van der Waals surface area contributed by atoms with Crippen molar-refractivity contribution in [2.75, 3.05) is 41.3 Å². The quantitative estimate of drug-likeness (QED) is 0.123. The Morgan fingerprint density at radius 1 is 0.683 bits per heavy atom. The second-order valence-corrected chi connectivity index (χ2v) is 17.0. The molecule has 350 valence electrons. The smallest absolute Gasteiger partial charge is 0.329 e. The zero-order valence-corrected chi connectivity index (χ0v) is 39.3. The first-order valence-electron chi connectivity index (χ1n) is 21.8. The number of benzene rings is 2. The molecule has 0 heterocycles. The van der Waals surface area contributed by atoms with E-state index in [2.05, 4.69) is 10.6 Å². The largest absolute Gasteiger partial charge is 0.497 e. The van der Waals surface area contributed by atoms with E-state index in [1.54, 1.807) is 59.1 Å². The molecule has 0 radical (unpaired) electrons. The van der Waals surface area contributed by atoms with Gasteiger partial charge in [-0.05, 0) is 54.4 Å². The molecule has 0 bridgehead atoms. The monoisotopic (exact) mass is 881 g/mol. The van der Waals surface area contributed by atoms with Crippen LogP contribution in [0.25, 0.3) is 0 Å². The Kier molecular flexibility index (Phi) is 22.3. The summed E-state index contributed by atoms with van der Waals surface area (Å²) in [4.78, 5) is 98.8. The fraction of sp³-hybridized carbons (Fsp3) is 0.596. The number of amides is 5. The highest BCUT2D eigenvalue weighted by molar-refractivity contribution is 5.94. The van der Waals surface area contributed by atoms with Crippen molar-refractivity contribution in [3.8, 4) is 5.75 Å². The minimum absolute atomic E-state index is 0.00406. The van der Waals surface area contributed by atoms with E-state index in [0.717, 1.165) is 11.1 Å². The van der Waals surface area contributed by atoms with E-state index in [9.17, 15) is 33.6 Å². The third-order valence-corrected chi connectivity index (χ3v) is 11.4. The number of nitrogens with two attached hydrogens (primary N) is 1. The van der Waals surface area contributed by atoms with Crippen molar-refractivity contribution in [2.24, 2.45) is 29.4 Å². The second-order valence-electron chi connectivity index (χ2n) is 17.0. The molecule has 5 amide bonds. The molecule has 0 saturated carbocycles. The summed E-state index contributed by atoms with van der Waals surface area (Å²) in [5.74, 6) is -4.94. The number of rotatable bonds is 25. The van der Waals surface area contributed by atoms with Crippen LogP contribution in [0.1, 0.15) is 85.8 Å². The SMILES string of the molecule is CC[C@@H](N)[C@H](C)C(=O)O[C@H](C(=O)NCC(=O)N(C)[C@@H](CC(C)C)C(=O)NCC(=O)N(C)[C@H](C(=O)N(C)[C@@H](Cc1ccc(OC)cc1)C(=O)OCc1ccccc1)C(C)C)[C@@H](C)CC. The van der Waals surface area contributed by atoms with Gasteiger partial charge in [0.1, 0.15) is 30.5 Å². The molecule has 4 N–H and O–H groups in total. The van der Waals surface area contributed by atoms with E-state index in [4.69, 9.17) is 19.9 Å². The summed E-state index contributed by atoms with van der Waals surface area (Å²) >= 11 is 0. The summed E-state index contributed by atoms with van der Waals surface area (Å²) in [5, 5.41) is 5.21. The van der Waals surface area contributed by atoms with Crippen LogP contribution in [0.4, 0.5) is 0 Å². The first-order valence-corrected chi connectivity index (χ1v) is 21.8. The van der Waals surface area contributed by atoms with Crippen LogP contribution >= 0.6 is 0 Å². The lowest BCUT2D eigenvalue weighted by Crippen LogP contribution is -2.57. The Balaban J connectivity index is 2.20. The highest BCUT2D eigenvalue weighted by Gasteiger charge is 2.38. The topological polar surface area (TPSA) is 207 Å². The number of likely N-dealkylation sites (N-methyl/N-ethyl adjacent to an activating group) is 3. The number of methoxy groups -OCH3 is 1. The van der Waals surface area contributed by atoms with Crippen molar-refractivity contribution >= 4 is 41.5 Å². The Bertz CT molecular complexity index is 1810. The maximum Gasteiger partial charge on any atom is 0.329 e. The lowest BCUT2D eigenvalue weighted by Gasteiger charge is -2.36. The van der Waals surface area contributed by atoms with Crippen LogP contribution in [0.5, 0.6) is 5.75 Å². The van der Waals surface area contributed by atoms with Crippen molar-refractivity contribution in [1.29, 1.82) is 0 Å². The maximum atomic E-state index is 14.3. The number of esters is 2. The Morgan fingerprint density at radius 2 is 1.25 bits per heavy atom. The molecular formula is C47H72N6O10. The van der Waals surface area contributed by atoms with Crippen molar-refractivity contribution in [3.05, 3.63) is 65.7 Å². The van der Waals surface area contributed by atoms with Crippen LogP contribution in [0, 0.1) is 23.7 Å². The van der Waals surface area contributed by atoms with Gasteiger partial charge in [-0.25, -0.2) is 4.79 Å². The summed E-state index contributed by atoms with van der Waals surface area (Å²) in [6.45, 7) is 13.5. The molecule has 63 heavy (non-hydrogen) atoms. The molecule has 0 aromatic heterocycles. The number of hydrogen-bond donors (Lipinski definition) is 3. The van der Waals surface area contributed by atoms with E-state index in [0.29, 0.717) is 18.6 Å². The Hall–Kier alpha value is -5.51. The van der Waals surface area contributed by atoms with Crippen molar-refractivity contribution in [1.82, 2.24) is 25.3 Å². The summed E-state index contributed by atoms with van der Waals surface area (Å²) in [7, 11) is 5.95. The number of nitrogens with zero attached hydrogens (tertiary/aromatic N) is 3. The lowest BCUT2D eigenvalue weighted by molar-refractivity contribution is -0.163. The molecule has 0 spiro atoms. The molecule has 2 rings (SSSR count). The highest BCUT2D eigenvalue weighted by atomic mass is 16.6. The summed E-state index contributed by atoms with van der Waals surface area (Å²) in [6.07, 6.45) is 0.286. The molecule has 0 aliphatic rings. The van der Waals surface area contributed by atoms with E-state index < -0.39 is 96.7 Å². The Labute approximate surface area is 373 Å². The van der Waals surface area contributed by atoms with Gasteiger partial charge in [0, 0.05) is 39.5 Å². The molecule has 0 fully saturated rings. The first kappa shape index (κ1) is 53.6. The van der Waals surface area contributed by atoms with E-state index in [-0.39, 0.29) is 31.3 Å². The van der Waals surface area contributed by atoms with Crippen molar-refractivity contribution < 1.29 is 47.8 Å². The number of ether oxygens (including phenoxy) is 3. The summed E-state index contributed by atoms with van der Waals surface area (Å²) < 4.78 is 16.6. The minimum atomic E-state index is -1.15. The molecule has 0 unspecified atom stereocenters. The van der Waals surface area contributed by atoms with Crippen molar-refractivity contribution in [2.45, 2.75) is 118 Å². The third kappa shape index (κ3) is 16.3. The van der Waals surface area contributed by atoms with Gasteiger partial charge >= 0.3 is 11.9 Å². The predicted octanol–water partition coefficient (Wildman–Crippen LogP) is 3.73. The van der Waals surface area contributed by atoms with Gasteiger partial charge in [0.15, 0.2) is 6.10 Å². The van der Waals surface area contributed by atoms with Gasteiger partial charge in [0.05, 0.1) is 26.1 Å². The van der Waals surface area contributed by atoms with Crippen LogP contribution < -0.4 is 21.1 Å². The second kappa shape index (κ2) is 26.2. The fourth-order valence-corrected chi connectivity index (χ4v) is 6.86. The number of hydrogen-bond acceptors (Lipinski definition) is 11. The maximum absolute atomic E-state index is 14.3. The number of nitrogens with one attached hydrogen (secondary N) is 2. The molecule has 2 aromatic carbocycles. The number of carbonyl (C=O) groups excluding carboxylic acids is 7. The summed E-state index contributed by atoms with van der Waals surface area (Å²) in [5.41, 5.74) is 7.56. The van der Waals surface area contributed by atoms with Gasteiger partial charge in [-0.15, -0.1) is 0 Å². The highest BCUT2D eigenvalue weighted by Crippen LogP contribution is 2.21. The zero-order chi connectivity index (χ0) is 47.6. The molecule has 0 aliphatic carbocycles. The van der Waals surface area contributed by atoms with Crippen LogP contribution in [-0.4, -0.2) is 128 Å². The standard InChI is InChI=1S/C47H72N6O10/c1-13-31(7)42(63-46(59)32(8)36(48)14-2)44(57)50-26-39(54)51(9)37(24-29(3)4)43(56)49-27-40(55)53(11)41(30(5)6)45(58)52(10)38(25-33-20-22-35(61-12)23-21-33)47(60)62-28-34-18-16-15-17-19-34/h15-23,29-32,36-38,41-42H,13-14,24-28,48H2,1-12H3,(H,49,56)(H,50,57)/t31-,32-,36+,37-,38-,41-,42-/m0/s1. The number of carbonyl (C=O) groups is 7. The van der Waals surface area contributed by atoms with Crippen LogP contribution in [-0.2, 0) is 56.1 Å². The zero-order valence-electron chi connectivity index (χ0n) is 39.3. The molecule has 16 nitrogen and oxygen atoms in total. The average Bonchev–Trinajstić information content (AvgIpc) is 3.27. The molecule has 0 aliphatic heterocycles. The molecule has 7 atom stereocenters. The first-order chi connectivity index (χ1) is 29.7. The van der Waals surface area contributed by atoms with Gasteiger partial charge in [0.2, 0.25) is 23.6 Å². The van der Waals surface area contributed by atoms with Gasteiger partial charge in [-0.3, -0.25) is 28.8 Å². The van der Waals surface area contributed by atoms with E-state index >= 15 is 0 Å². The van der Waals surface area contributed by atoms with Crippen LogP contribution in [0.2, 0.25) is 0 Å². The third-order valence-electron chi connectivity index (χ3n) is 11.4.